The van der Waals surface area contributed by atoms with Crippen LogP contribution in [0.15, 0.2) is 22.7 Å². The Morgan fingerprint density at radius 3 is 2.78 bits per heavy atom. The number of hydrogen-bond acceptors (Lipinski definition) is 3. The summed E-state index contributed by atoms with van der Waals surface area (Å²) in [5.41, 5.74) is 7.78. The first-order valence-electron chi connectivity index (χ1n) is 6.07. The van der Waals surface area contributed by atoms with E-state index in [2.05, 4.69) is 15.9 Å². The van der Waals surface area contributed by atoms with Gasteiger partial charge in [-0.3, -0.25) is 4.79 Å². The minimum atomic E-state index is 0.253. The second kappa shape index (κ2) is 6.48. The van der Waals surface area contributed by atoms with E-state index >= 15 is 0 Å². The van der Waals surface area contributed by atoms with Crippen molar-refractivity contribution < 1.29 is 4.79 Å². The number of hydrogen-bond donors (Lipinski definition) is 1. The molecule has 98 valence electrons. The zero-order chi connectivity index (χ0) is 13.0. The molecule has 0 atom stereocenters. The monoisotopic (exact) mass is 328 g/mol. The summed E-state index contributed by atoms with van der Waals surface area (Å²) in [6.45, 7) is 1.85. The van der Waals surface area contributed by atoms with Gasteiger partial charge in [-0.25, -0.2) is 0 Å². The van der Waals surface area contributed by atoms with Crippen LogP contribution in [0.4, 0.5) is 5.69 Å². The largest absolute Gasteiger partial charge is 0.398 e. The molecule has 3 nitrogen and oxygen atoms in total. The molecule has 0 aromatic heterocycles. The highest BCUT2D eigenvalue weighted by atomic mass is 79.9. The number of thioether (sulfide) groups is 1. The van der Waals surface area contributed by atoms with Gasteiger partial charge in [0.25, 0.3) is 0 Å². The van der Waals surface area contributed by atoms with Crippen LogP contribution in [0.5, 0.6) is 0 Å². The normalized spacial score (nSPS) is 15.1. The molecule has 1 fully saturated rings. The number of halogens is 1. The third-order valence-electron chi connectivity index (χ3n) is 3.09. The number of likely N-dealkylation sites (tertiary alicyclic amines) is 1. The molecule has 0 radical (unpaired) electrons. The van der Waals surface area contributed by atoms with E-state index in [0.29, 0.717) is 5.75 Å². The number of amides is 1. The third-order valence-corrected chi connectivity index (χ3v) is 4.77. The fourth-order valence-corrected chi connectivity index (χ4v) is 3.72. The minimum absolute atomic E-state index is 0.253. The van der Waals surface area contributed by atoms with E-state index in [1.165, 1.54) is 0 Å². The minimum Gasteiger partial charge on any atom is -0.398 e. The molecule has 5 heteroatoms. The lowest BCUT2D eigenvalue weighted by Crippen LogP contribution is -2.29. The summed E-state index contributed by atoms with van der Waals surface area (Å²) in [7, 11) is 0. The van der Waals surface area contributed by atoms with E-state index in [4.69, 9.17) is 5.73 Å². The van der Waals surface area contributed by atoms with Crippen molar-refractivity contribution >= 4 is 39.3 Å². The summed E-state index contributed by atoms with van der Waals surface area (Å²) >= 11 is 5.12. The summed E-state index contributed by atoms with van der Waals surface area (Å²) < 4.78 is 1.02. The highest BCUT2D eigenvalue weighted by Gasteiger charge is 2.17. The van der Waals surface area contributed by atoms with Crippen LogP contribution in [0, 0.1) is 0 Å². The van der Waals surface area contributed by atoms with Crippen molar-refractivity contribution in [3.05, 3.63) is 28.2 Å². The van der Waals surface area contributed by atoms with E-state index in [1.807, 2.05) is 23.1 Å². The predicted molar refractivity (Wildman–Crippen MR) is 80.5 cm³/mol. The molecular weight excluding hydrogens is 312 g/mol. The number of carbonyl (C=O) groups excluding carboxylic acids is 1. The molecule has 0 saturated carbocycles. The molecule has 18 heavy (non-hydrogen) atoms. The van der Waals surface area contributed by atoms with Crippen molar-refractivity contribution in [1.29, 1.82) is 0 Å². The Kier molecular flexibility index (Phi) is 4.95. The van der Waals surface area contributed by atoms with Crippen molar-refractivity contribution in [2.24, 2.45) is 0 Å². The van der Waals surface area contributed by atoms with Crippen molar-refractivity contribution in [2.45, 2.75) is 18.6 Å². The van der Waals surface area contributed by atoms with Crippen LogP contribution in [0.1, 0.15) is 18.4 Å². The first kappa shape index (κ1) is 13.7. The van der Waals surface area contributed by atoms with Crippen molar-refractivity contribution in [2.75, 3.05) is 24.6 Å². The van der Waals surface area contributed by atoms with Gasteiger partial charge in [0, 0.05) is 29.0 Å². The second-order valence-electron chi connectivity index (χ2n) is 4.39. The number of carbonyl (C=O) groups is 1. The summed E-state index contributed by atoms with van der Waals surface area (Å²) in [4.78, 5) is 13.8. The highest BCUT2D eigenvalue weighted by molar-refractivity contribution is 9.10. The lowest BCUT2D eigenvalue weighted by molar-refractivity contribution is -0.127. The molecule has 1 aliphatic rings. The summed E-state index contributed by atoms with van der Waals surface area (Å²) in [6.07, 6.45) is 2.29. The van der Waals surface area contributed by atoms with E-state index < -0.39 is 0 Å². The number of anilines is 1. The Morgan fingerprint density at radius 1 is 1.39 bits per heavy atom. The zero-order valence-corrected chi connectivity index (χ0v) is 12.6. The van der Waals surface area contributed by atoms with E-state index in [9.17, 15) is 4.79 Å². The van der Waals surface area contributed by atoms with Gasteiger partial charge in [0.05, 0.1) is 5.75 Å². The van der Waals surface area contributed by atoms with Crippen LogP contribution >= 0.6 is 27.7 Å². The quantitative estimate of drug-likeness (QED) is 0.864. The van der Waals surface area contributed by atoms with Crippen LogP contribution < -0.4 is 5.73 Å². The Bertz CT molecular complexity index is 413. The van der Waals surface area contributed by atoms with Gasteiger partial charge in [-0.05, 0) is 30.5 Å². The molecule has 0 bridgehead atoms. The molecule has 2 N–H and O–H groups in total. The Morgan fingerprint density at radius 2 is 2.11 bits per heavy atom. The van der Waals surface area contributed by atoms with E-state index in [-0.39, 0.29) is 5.91 Å². The van der Waals surface area contributed by atoms with Gasteiger partial charge in [-0.2, -0.15) is 0 Å². The van der Waals surface area contributed by atoms with Crippen molar-refractivity contribution in [1.82, 2.24) is 4.90 Å². The predicted octanol–water partition coefficient (Wildman–Crippen LogP) is 2.89. The molecule has 1 heterocycles. The second-order valence-corrected chi connectivity index (χ2v) is 6.23. The fourth-order valence-electron chi connectivity index (χ4n) is 2.03. The summed E-state index contributed by atoms with van der Waals surface area (Å²) in [5.74, 6) is 1.57. The van der Waals surface area contributed by atoms with Gasteiger partial charge in [0.15, 0.2) is 0 Å². The number of nitrogen functional groups attached to an aromatic ring is 1. The number of nitrogens with two attached hydrogens (primary N) is 1. The smallest absolute Gasteiger partial charge is 0.232 e. The van der Waals surface area contributed by atoms with Gasteiger partial charge >= 0.3 is 0 Å². The lowest BCUT2D eigenvalue weighted by atomic mass is 10.2. The Hall–Kier alpha value is -0.680. The fraction of sp³-hybridized carbons (Fsp3) is 0.462. The Balaban J connectivity index is 1.83. The topological polar surface area (TPSA) is 46.3 Å². The number of rotatable bonds is 4. The van der Waals surface area contributed by atoms with Gasteiger partial charge in [-0.1, -0.05) is 22.0 Å². The summed E-state index contributed by atoms with van der Waals surface area (Å²) in [6, 6.07) is 5.79. The van der Waals surface area contributed by atoms with Crippen LogP contribution in [-0.2, 0) is 10.5 Å². The van der Waals surface area contributed by atoms with Gasteiger partial charge in [0.2, 0.25) is 5.91 Å². The van der Waals surface area contributed by atoms with E-state index in [1.54, 1.807) is 11.8 Å². The SMILES string of the molecule is Nc1cccc(Br)c1CSCC(=O)N1CCCC1. The average molecular weight is 329 g/mol. The van der Waals surface area contributed by atoms with Crippen LogP contribution in [-0.4, -0.2) is 29.6 Å². The first-order chi connectivity index (χ1) is 8.68. The standard InChI is InChI=1S/C13H17BrN2OS/c14-11-4-3-5-12(15)10(11)8-18-9-13(17)16-6-1-2-7-16/h3-5H,1-2,6-9,15H2. The van der Waals surface area contributed by atoms with Crippen LogP contribution in [0.25, 0.3) is 0 Å². The van der Waals surface area contributed by atoms with Crippen molar-refractivity contribution in [3.63, 3.8) is 0 Å². The number of nitrogens with zero attached hydrogens (tertiary/aromatic N) is 1. The highest BCUT2D eigenvalue weighted by Crippen LogP contribution is 2.27. The average Bonchev–Trinajstić information content (AvgIpc) is 2.86. The maximum Gasteiger partial charge on any atom is 0.232 e. The van der Waals surface area contributed by atoms with Crippen molar-refractivity contribution in [3.8, 4) is 0 Å². The maximum absolute atomic E-state index is 11.9. The molecular formula is C13H17BrN2OS. The number of benzene rings is 1. The Labute approximate surface area is 120 Å². The molecule has 0 spiro atoms. The van der Waals surface area contributed by atoms with Crippen LogP contribution in [0.3, 0.4) is 0 Å². The molecule has 2 rings (SSSR count). The first-order valence-corrected chi connectivity index (χ1v) is 8.01. The molecule has 1 aromatic rings. The van der Waals surface area contributed by atoms with Gasteiger partial charge in [0.1, 0.15) is 0 Å². The van der Waals surface area contributed by atoms with Crippen LogP contribution in [0.2, 0.25) is 0 Å². The third kappa shape index (κ3) is 3.42. The maximum atomic E-state index is 11.9. The van der Waals surface area contributed by atoms with Gasteiger partial charge in [-0.15, -0.1) is 11.8 Å². The molecule has 1 aliphatic heterocycles. The molecule has 0 unspecified atom stereocenters. The van der Waals surface area contributed by atoms with Gasteiger partial charge < -0.3 is 10.6 Å². The molecule has 1 aromatic carbocycles. The molecule has 1 saturated heterocycles. The molecule has 1 amide bonds. The zero-order valence-electron chi connectivity index (χ0n) is 10.2. The van der Waals surface area contributed by atoms with E-state index in [0.717, 1.165) is 47.4 Å². The molecule has 0 aliphatic carbocycles. The summed E-state index contributed by atoms with van der Waals surface area (Å²) in [5, 5.41) is 0. The lowest BCUT2D eigenvalue weighted by Gasteiger charge is -2.15.